The van der Waals surface area contributed by atoms with Crippen molar-refractivity contribution in [2.75, 3.05) is 24.5 Å². The van der Waals surface area contributed by atoms with Crippen LogP contribution in [0.1, 0.15) is 69.6 Å². The van der Waals surface area contributed by atoms with E-state index < -0.39 is 0 Å². The molecule has 0 radical (unpaired) electrons. The third kappa shape index (κ3) is 3.94. The van der Waals surface area contributed by atoms with Gasteiger partial charge in [-0.05, 0) is 63.1 Å². The summed E-state index contributed by atoms with van der Waals surface area (Å²) in [6.07, 6.45) is 9.43. The van der Waals surface area contributed by atoms with Gasteiger partial charge in [0.25, 0.3) is 0 Å². The van der Waals surface area contributed by atoms with E-state index in [-0.39, 0.29) is 17.8 Å². The second-order valence-electron chi connectivity index (χ2n) is 8.84. The van der Waals surface area contributed by atoms with Crippen LogP contribution in [0.25, 0.3) is 11.4 Å². The first-order valence-electron chi connectivity index (χ1n) is 11.4. The van der Waals surface area contributed by atoms with Gasteiger partial charge in [0.15, 0.2) is 0 Å². The highest BCUT2D eigenvalue weighted by molar-refractivity contribution is 5.86. The zero-order valence-corrected chi connectivity index (χ0v) is 17.4. The first kappa shape index (κ1) is 19.5. The molecule has 1 aromatic heterocycles. The number of rotatable bonds is 4. The maximum absolute atomic E-state index is 15.2. The highest BCUT2D eigenvalue weighted by atomic mass is 19.1. The zero-order valence-electron chi connectivity index (χ0n) is 17.4. The van der Waals surface area contributed by atoms with Crippen molar-refractivity contribution in [3.05, 3.63) is 29.9 Å². The van der Waals surface area contributed by atoms with Crippen LogP contribution in [0.5, 0.6) is 0 Å². The summed E-state index contributed by atoms with van der Waals surface area (Å²) in [5, 5.41) is 4.02. The third-order valence-corrected chi connectivity index (χ3v) is 6.59. The lowest BCUT2D eigenvalue weighted by Gasteiger charge is -2.39. The molecule has 0 bridgehead atoms. The number of halogens is 1. The Balaban J connectivity index is 1.37. The fourth-order valence-corrected chi connectivity index (χ4v) is 4.71. The van der Waals surface area contributed by atoms with Gasteiger partial charge in [-0.25, -0.2) is 4.39 Å². The molecule has 30 heavy (non-hydrogen) atoms. The quantitative estimate of drug-likeness (QED) is 0.739. The molecule has 1 atom stereocenters. The van der Waals surface area contributed by atoms with Gasteiger partial charge < -0.3 is 14.3 Å². The molecule has 0 N–H and O–H groups in total. The van der Waals surface area contributed by atoms with E-state index in [0.29, 0.717) is 35.4 Å². The fraction of sp³-hybridized carbons (Fsp3) is 0.609. The third-order valence-electron chi connectivity index (χ3n) is 6.59. The number of aromatic nitrogens is 2. The summed E-state index contributed by atoms with van der Waals surface area (Å²) in [6, 6.07) is 4.80. The molecule has 3 fully saturated rings. The van der Waals surface area contributed by atoms with Crippen molar-refractivity contribution in [3.63, 3.8) is 0 Å². The average molecular weight is 413 g/mol. The van der Waals surface area contributed by atoms with Crippen LogP contribution in [-0.4, -0.2) is 46.6 Å². The number of anilines is 1. The number of amides is 1. The largest absolute Gasteiger partial charge is 0.357 e. The van der Waals surface area contributed by atoms with Gasteiger partial charge in [-0.1, -0.05) is 18.0 Å². The van der Waals surface area contributed by atoms with Gasteiger partial charge >= 0.3 is 0 Å². The van der Waals surface area contributed by atoms with Crippen molar-refractivity contribution < 1.29 is 13.7 Å². The van der Waals surface area contributed by atoms with E-state index in [1.54, 1.807) is 6.07 Å². The predicted octanol–water partition coefficient (Wildman–Crippen LogP) is 4.51. The lowest BCUT2D eigenvalue weighted by Crippen LogP contribution is -2.51. The molecule has 3 aliphatic rings. The Kier molecular flexibility index (Phi) is 5.44. The van der Waals surface area contributed by atoms with Gasteiger partial charge in [-0.15, -0.1) is 0 Å². The SMILES string of the molecule is O=C(C1CCCCN1c1ccc(-c2noc(C3CC3)n2)cc1F)N1CCCCCC1. The standard InChI is InChI=1S/C23H29FN4O2/c24-18-15-17(21-25-22(30-26-21)16-8-9-16)10-11-19(18)28-14-6-3-7-20(28)23(29)27-12-4-1-2-5-13-27/h10-11,15-16,20H,1-9,12-14H2. The summed E-state index contributed by atoms with van der Waals surface area (Å²) >= 11 is 0. The molecule has 3 heterocycles. The molecule has 1 saturated carbocycles. The van der Waals surface area contributed by atoms with Crippen molar-refractivity contribution >= 4 is 11.6 Å². The Morgan fingerprint density at radius 2 is 1.77 bits per heavy atom. The van der Waals surface area contributed by atoms with Crippen LogP contribution < -0.4 is 4.90 Å². The van der Waals surface area contributed by atoms with Crippen LogP contribution in [0, 0.1) is 5.82 Å². The van der Waals surface area contributed by atoms with Gasteiger partial charge in [0.1, 0.15) is 11.9 Å². The molecule has 6 nitrogen and oxygen atoms in total. The van der Waals surface area contributed by atoms with Crippen molar-refractivity contribution in [2.24, 2.45) is 0 Å². The monoisotopic (exact) mass is 412 g/mol. The molecule has 1 aliphatic carbocycles. The van der Waals surface area contributed by atoms with E-state index in [4.69, 9.17) is 4.52 Å². The van der Waals surface area contributed by atoms with E-state index in [9.17, 15) is 4.79 Å². The molecule has 1 amide bonds. The van der Waals surface area contributed by atoms with Crippen LogP contribution in [0.3, 0.4) is 0 Å². The first-order valence-corrected chi connectivity index (χ1v) is 11.4. The molecular weight excluding hydrogens is 383 g/mol. The van der Waals surface area contributed by atoms with Gasteiger partial charge in [0.2, 0.25) is 17.6 Å². The van der Waals surface area contributed by atoms with E-state index in [1.165, 1.54) is 18.9 Å². The summed E-state index contributed by atoms with van der Waals surface area (Å²) in [5.74, 6) is 1.27. The summed E-state index contributed by atoms with van der Waals surface area (Å²) in [7, 11) is 0. The Hall–Kier alpha value is -2.44. The van der Waals surface area contributed by atoms with Crippen LogP contribution >= 0.6 is 0 Å². The maximum atomic E-state index is 15.2. The Morgan fingerprint density at radius 3 is 2.50 bits per heavy atom. The smallest absolute Gasteiger partial charge is 0.245 e. The Bertz CT molecular complexity index is 902. The van der Waals surface area contributed by atoms with E-state index >= 15 is 4.39 Å². The number of piperidine rings is 1. The number of carbonyl (C=O) groups is 1. The van der Waals surface area contributed by atoms with Crippen molar-refractivity contribution in [1.29, 1.82) is 0 Å². The molecule has 1 unspecified atom stereocenters. The Morgan fingerprint density at radius 1 is 1.00 bits per heavy atom. The first-order chi connectivity index (χ1) is 14.7. The molecule has 2 aromatic rings. The second kappa shape index (κ2) is 8.36. The minimum atomic E-state index is -0.333. The number of hydrogen-bond acceptors (Lipinski definition) is 5. The summed E-state index contributed by atoms with van der Waals surface area (Å²) in [4.78, 5) is 21.7. The minimum absolute atomic E-state index is 0.160. The Labute approximate surface area is 176 Å². The molecule has 2 saturated heterocycles. The molecule has 2 aliphatic heterocycles. The van der Waals surface area contributed by atoms with Gasteiger partial charge in [-0.3, -0.25) is 4.79 Å². The lowest BCUT2D eigenvalue weighted by molar-refractivity contribution is -0.133. The summed E-state index contributed by atoms with van der Waals surface area (Å²) in [5.41, 5.74) is 1.11. The highest BCUT2D eigenvalue weighted by Gasteiger charge is 2.34. The zero-order chi connectivity index (χ0) is 20.5. The second-order valence-corrected chi connectivity index (χ2v) is 8.84. The van der Waals surface area contributed by atoms with Gasteiger partial charge in [0.05, 0.1) is 5.69 Å². The number of benzene rings is 1. The molecular formula is C23H29FN4O2. The van der Waals surface area contributed by atoms with Crippen molar-refractivity contribution in [1.82, 2.24) is 15.0 Å². The molecule has 5 rings (SSSR count). The van der Waals surface area contributed by atoms with E-state index in [2.05, 4.69) is 10.1 Å². The maximum Gasteiger partial charge on any atom is 0.245 e. The van der Waals surface area contributed by atoms with Crippen LogP contribution in [-0.2, 0) is 4.79 Å². The summed E-state index contributed by atoms with van der Waals surface area (Å²) in [6.45, 7) is 2.35. The number of nitrogens with zero attached hydrogens (tertiary/aromatic N) is 4. The van der Waals surface area contributed by atoms with E-state index in [1.807, 2.05) is 15.9 Å². The number of hydrogen-bond donors (Lipinski definition) is 0. The normalized spacial score (nSPS) is 22.8. The molecule has 160 valence electrons. The van der Waals surface area contributed by atoms with Crippen molar-refractivity contribution in [3.8, 4) is 11.4 Å². The number of likely N-dealkylation sites (tertiary alicyclic amines) is 1. The van der Waals surface area contributed by atoms with Gasteiger partial charge in [0, 0.05) is 31.1 Å². The van der Waals surface area contributed by atoms with E-state index in [0.717, 1.165) is 58.0 Å². The molecule has 1 aromatic carbocycles. The molecule has 7 heteroatoms. The minimum Gasteiger partial charge on any atom is -0.357 e. The lowest BCUT2D eigenvalue weighted by atomic mass is 9.99. The van der Waals surface area contributed by atoms with Crippen LogP contribution in [0.4, 0.5) is 10.1 Å². The predicted molar refractivity (Wildman–Crippen MR) is 112 cm³/mol. The van der Waals surface area contributed by atoms with Crippen LogP contribution in [0.15, 0.2) is 22.7 Å². The average Bonchev–Trinajstić information content (AvgIpc) is 3.56. The van der Waals surface area contributed by atoms with Crippen LogP contribution in [0.2, 0.25) is 0 Å². The van der Waals surface area contributed by atoms with Gasteiger partial charge in [-0.2, -0.15) is 4.98 Å². The number of carbonyl (C=O) groups excluding carboxylic acids is 1. The fourth-order valence-electron chi connectivity index (χ4n) is 4.71. The molecule has 0 spiro atoms. The highest BCUT2D eigenvalue weighted by Crippen LogP contribution is 2.40. The van der Waals surface area contributed by atoms with Crippen molar-refractivity contribution in [2.45, 2.75) is 69.7 Å². The summed E-state index contributed by atoms with van der Waals surface area (Å²) < 4.78 is 20.5. The topological polar surface area (TPSA) is 62.5 Å².